The van der Waals surface area contributed by atoms with E-state index in [1.165, 1.54) is 19.2 Å². The van der Waals surface area contributed by atoms with E-state index in [1.54, 1.807) is 12.0 Å². The molecule has 10 heteroatoms. The molecule has 2 aromatic rings. The number of benzene rings is 2. The molecule has 31 heavy (non-hydrogen) atoms. The predicted octanol–water partition coefficient (Wildman–Crippen LogP) is 2.12. The fourth-order valence-corrected chi connectivity index (χ4v) is 3.27. The van der Waals surface area contributed by atoms with E-state index in [0.29, 0.717) is 26.2 Å². The van der Waals surface area contributed by atoms with E-state index in [0.717, 1.165) is 17.5 Å². The van der Waals surface area contributed by atoms with Gasteiger partial charge in [0.05, 0.1) is 19.1 Å². The second-order valence-electron chi connectivity index (χ2n) is 6.78. The van der Waals surface area contributed by atoms with Crippen LogP contribution in [0.1, 0.15) is 10.4 Å². The molecule has 1 saturated heterocycles. The largest absolute Gasteiger partial charge is 0.497 e. The first-order valence-corrected chi connectivity index (χ1v) is 9.59. The lowest BCUT2D eigenvalue weighted by Gasteiger charge is -2.36. The minimum Gasteiger partial charge on any atom is -0.497 e. The molecule has 1 aliphatic rings. The zero-order valence-corrected chi connectivity index (χ0v) is 17.3. The van der Waals surface area contributed by atoms with Crippen LogP contribution in [0.2, 0.25) is 0 Å². The number of piperazine rings is 1. The molecule has 0 N–H and O–H groups in total. The summed E-state index contributed by atoms with van der Waals surface area (Å²) < 4.78 is 15.3. The minimum atomic E-state index is -0.856. The average Bonchev–Trinajstić information content (AvgIpc) is 2.82. The van der Waals surface area contributed by atoms with E-state index in [1.807, 2.05) is 24.3 Å². The van der Waals surface area contributed by atoms with E-state index in [4.69, 9.17) is 14.2 Å². The van der Waals surface area contributed by atoms with Crippen LogP contribution >= 0.6 is 0 Å². The van der Waals surface area contributed by atoms with Gasteiger partial charge in [-0.25, -0.2) is 4.79 Å². The molecule has 0 bridgehead atoms. The van der Waals surface area contributed by atoms with Gasteiger partial charge in [-0.2, -0.15) is 0 Å². The van der Waals surface area contributed by atoms with Crippen LogP contribution in [-0.4, -0.2) is 68.7 Å². The number of esters is 1. The van der Waals surface area contributed by atoms with Crippen molar-refractivity contribution in [3.8, 4) is 11.5 Å². The van der Waals surface area contributed by atoms with Crippen LogP contribution in [0.25, 0.3) is 0 Å². The van der Waals surface area contributed by atoms with Gasteiger partial charge in [0.25, 0.3) is 11.6 Å². The molecule has 1 fully saturated rings. The Morgan fingerprint density at radius 3 is 2.26 bits per heavy atom. The molecular weight excluding hydrogens is 406 g/mol. The van der Waals surface area contributed by atoms with Crippen LogP contribution in [-0.2, 0) is 9.53 Å². The molecule has 0 aromatic heterocycles. The number of nitro groups is 1. The number of hydrogen-bond acceptors (Lipinski definition) is 8. The van der Waals surface area contributed by atoms with E-state index in [9.17, 15) is 19.7 Å². The number of nitrogens with zero attached hydrogens (tertiary/aromatic N) is 3. The summed E-state index contributed by atoms with van der Waals surface area (Å²) in [6.45, 7) is 1.81. The monoisotopic (exact) mass is 429 g/mol. The Morgan fingerprint density at radius 2 is 1.68 bits per heavy atom. The van der Waals surface area contributed by atoms with Gasteiger partial charge in [0.15, 0.2) is 6.61 Å². The lowest BCUT2D eigenvalue weighted by Crippen LogP contribution is -2.49. The molecule has 2 aromatic carbocycles. The average molecular weight is 429 g/mol. The summed E-state index contributed by atoms with van der Waals surface area (Å²) in [5, 5.41) is 11.0. The van der Waals surface area contributed by atoms with Gasteiger partial charge in [0.2, 0.25) is 0 Å². The fourth-order valence-electron chi connectivity index (χ4n) is 3.27. The van der Waals surface area contributed by atoms with Crippen LogP contribution in [0.5, 0.6) is 11.5 Å². The Morgan fingerprint density at radius 1 is 1.00 bits per heavy atom. The molecular formula is C21H23N3O7. The van der Waals surface area contributed by atoms with Crippen molar-refractivity contribution >= 4 is 23.3 Å². The predicted molar refractivity (Wildman–Crippen MR) is 112 cm³/mol. The third-order valence-electron chi connectivity index (χ3n) is 5.01. The van der Waals surface area contributed by atoms with Crippen molar-refractivity contribution in [1.29, 1.82) is 0 Å². The van der Waals surface area contributed by atoms with Gasteiger partial charge in [0.1, 0.15) is 17.1 Å². The van der Waals surface area contributed by atoms with Crippen molar-refractivity contribution in [3.63, 3.8) is 0 Å². The highest BCUT2D eigenvalue weighted by Gasteiger charge is 2.24. The summed E-state index contributed by atoms with van der Waals surface area (Å²) in [6, 6.07) is 11.3. The van der Waals surface area contributed by atoms with Crippen LogP contribution < -0.4 is 14.4 Å². The van der Waals surface area contributed by atoms with Crippen molar-refractivity contribution in [2.75, 3.05) is 51.9 Å². The van der Waals surface area contributed by atoms with Crippen molar-refractivity contribution in [2.45, 2.75) is 0 Å². The maximum Gasteiger partial charge on any atom is 0.342 e. The number of nitro benzene ring substituents is 1. The highest BCUT2D eigenvalue weighted by Crippen LogP contribution is 2.25. The lowest BCUT2D eigenvalue weighted by atomic mass is 10.2. The van der Waals surface area contributed by atoms with Crippen molar-refractivity contribution < 1.29 is 28.7 Å². The van der Waals surface area contributed by atoms with E-state index >= 15 is 0 Å². The van der Waals surface area contributed by atoms with Gasteiger partial charge in [-0.3, -0.25) is 14.9 Å². The number of ether oxygens (including phenoxy) is 3. The van der Waals surface area contributed by atoms with Gasteiger partial charge in [0, 0.05) is 44.0 Å². The van der Waals surface area contributed by atoms with Crippen LogP contribution in [0.3, 0.4) is 0 Å². The van der Waals surface area contributed by atoms with Crippen molar-refractivity contribution in [1.82, 2.24) is 4.90 Å². The standard InChI is InChI=1S/C21H23N3O7/c1-29-17-6-3-15(4-7-17)22-9-11-23(12-10-22)20(25)14-31-21(26)18-13-16(24(27)28)5-8-19(18)30-2/h3-8,13H,9-12,14H2,1-2H3. The molecule has 1 aliphatic heterocycles. The lowest BCUT2D eigenvalue weighted by molar-refractivity contribution is -0.384. The van der Waals surface area contributed by atoms with Gasteiger partial charge in [-0.05, 0) is 30.3 Å². The first-order chi connectivity index (χ1) is 14.9. The van der Waals surface area contributed by atoms with Gasteiger partial charge < -0.3 is 24.0 Å². The highest BCUT2D eigenvalue weighted by atomic mass is 16.6. The van der Waals surface area contributed by atoms with Crippen LogP contribution in [0.15, 0.2) is 42.5 Å². The Bertz CT molecular complexity index is 954. The zero-order valence-electron chi connectivity index (χ0n) is 17.3. The number of non-ortho nitro benzene ring substituents is 1. The van der Waals surface area contributed by atoms with Crippen molar-refractivity contribution in [3.05, 3.63) is 58.1 Å². The molecule has 0 aliphatic carbocycles. The molecule has 0 saturated carbocycles. The summed E-state index contributed by atoms with van der Waals surface area (Å²) in [6.07, 6.45) is 0. The van der Waals surface area contributed by atoms with E-state index in [2.05, 4.69) is 4.90 Å². The highest BCUT2D eigenvalue weighted by molar-refractivity contribution is 5.94. The Balaban J connectivity index is 1.54. The smallest absolute Gasteiger partial charge is 0.342 e. The number of rotatable bonds is 7. The maximum atomic E-state index is 12.5. The first kappa shape index (κ1) is 21.9. The van der Waals surface area contributed by atoms with E-state index in [-0.39, 0.29) is 22.9 Å². The van der Waals surface area contributed by atoms with Crippen molar-refractivity contribution in [2.24, 2.45) is 0 Å². The number of amides is 1. The maximum absolute atomic E-state index is 12.5. The number of anilines is 1. The summed E-state index contributed by atoms with van der Waals surface area (Å²) >= 11 is 0. The number of methoxy groups -OCH3 is 2. The molecule has 0 atom stereocenters. The third-order valence-corrected chi connectivity index (χ3v) is 5.01. The van der Waals surface area contributed by atoms with Crippen LogP contribution in [0, 0.1) is 10.1 Å². The normalized spacial score (nSPS) is 13.5. The van der Waals surface area contributed by atoms with E-state index < -0.39 is 17.5 Å². The second kappa shape index (κ2) is 9.79. The zero-order chi connectivity index (χ0) is 22.4. The number of carbonyl (C=O) groups excluding carboxylic acids is 2. The fraction of sp³-hybridized carbons (Fsp3) is 0.333. The van der Waals surface area contributed by atoms with Crippen LogP contribution in [0.4, 0.5) is 11.4 Å². The Hall–Kier alpha value is -3.82. The molecule has 3 rings (SSSR count). The SMILES string of the molecule is COc1ccc(N2CCN(C(=O)COC(=O)c3cc([N+](=O)[O-])ccc3OC)CC2)cc1. The van der Waals surface area contributed by atoms with Gasteiger partial charge in [-0.15, -0.1) is 0 Å². The summed E-state index contributed by atoms with van der Waals surface area (Å²) in [4.78, 5) is 38.9. The summed E-state index contributed by atoms with van der Waals surface area (Å²) in [5.74, 6) is -0.270. The Kier molecular flexibility index (Phi) is 6.91. The Labute approximate surface area is 179 Å². The van der Waals surface area contributed by atoms with Gasteiger partial charge >= 0.3 is 5.97 Å². The first-order valence-electron chi connectivity index (χ1n) is 9.59. The molecule has 1 amide bonds. The molecule has 0 radical (unpaired) electrons. The molecule has 10 nitrogen and oxygen atoms in total. The summed E-state index contributed by atoms with van der Waals surface area (Å²) in [5.41, 5.74) is 0.666. The third kappa shape index (κ3) is 5.21. The second-order valence-corrected chi connectivity index (χ2v) is 6.78. The molecule has 0 unspecified atom stereocenters. The quantitative estimate of drug-likeness (QED) is 0.374. The number of carbonyl (C=O) groups is 2. The topological polar surface area (TPSA) is 111 Å². The number of hydrogen-bond donors (Lipinski definition) is 0. The summed E-state index contributed by atoms with van der Waals surface area (Å²) in [7, 11) is 2.95. The molecule has 1 heterocycles. The van der Waals surface area contributed by atoms with Gasteiger partial charge in [-0.1, -0.05) is 0 Å². The molecule has 164 valence electrons. The molecule has 0 spiro atoms. The minimum absolute atomic E-state index is 0.103.